The fourth-order valence-corrected chi connectivity index (χ4v) is 3.73. The number of nitrogens with zero attached hydrogens (tertiary/aromatic N) is 3. The third-order valence-electron chi connectivity index (χ3n) is 5.06. The number of anilines is 2. The standard InChI is InChI=1S/C22H24ClN5/c23-19-9-5-4-6-17(19)15-25-21-14-20(16-10-12-24-13-11-16)27-22(28-21)26-18-7-2-1-3-8-18/h4-6,9-14,18H,1-3,7-8,15H2,(H2,25,26,27,28). The number of pyridine rings is 1. The Balaban J connectivity index is 1.58. The van der Waals surface area contributed by atoms with E-state index in [9.17, 15) is 0 Å². The molecule has 1 fully saturated rings. The highest BCUT2D eigenvalue weighted by atomic mass is 35.5. The molecule has 1 aromatic carbocycles. The number of aromatic nitrogens is 3. The minimum absolute atomic E-state index is 0.442. The van der Waals surface area contributed by atoms with Crippen LogP contribution in [-0.2, 0) is 6.54 Å². The zero-order valence-corrected chi connectivity index (χ0v) is 16.5. The van der Waals surface area contributed by atoms with E-state index in [-0.39, 0.29) is 0 Å². The highest BCUT2D eigenvalue weighted by Gasteiger charge is 2.15. The summed E-state index contributed by atoms with van der Waals surface area (Å²) in [5.74, 6) is 1.45. The van der Waals surface area contributed by atoms with Gasteiger partial charge in [-0.1, -0.05) is 49.1 Å². The predicted molar refractivity (Wildman–Crippen MR) is 115 cm³/mol. The lowest BCUT2D eigenvalue weighted by molar-refractivity contribution is 0.461. The van der Waals surface area contributed by atoms with E-state index < -0.39 is 0 Å². The number of benzene rings is 1. The van der Waals surface area contributed by atoms with Crippen molar-refractivity contribution in [3.05, 3.63) is 65.4 Å². The lowest BCUT2D eigenvalue weighted by atomic mass is 9.96. The van der Waals surface area contributed by atoms with E-state index in [1.54, 1.807) is 12.4 Å². The van der Waals surface area contributed by atoms with E-state index in [2.05, 4.69) is 15.6 Å². The van der Waals surface area contributed by atoms with Gasteiger partial charge in [0.2, 0.25) is 5.95 Å². The topological polar surface area (TPSA) is 62.7 Å². The summed E-state index contributed by atoms with van der Waals surface area (Å²) < 4.78 is 0. The molecule has 0 saturated heterocycles. The van der Waals surface area contributed by atoms with Crippen LogP contribution in [0.4, 0.5) is 11.8 Å². The maximum atomic E-state index is 6.29. The number of hydrogen-bond acceptors (Lipinski definition) is 5. The Morgan fingerprint density at radius 1 is 0.964 bits per heavy atom. The van der Waals surface area contributed by atoms with Gasteiger partial charge in [0.25, 0.3) is 0 Å². The van der Waals surface area contributed by atoms with Crippen molar-refractivity contribution in [2.24, 2.45) is 0 Å². The number of nitrogens with one attached hydrogen (secondary N) is 2. The first-order valence-electron chi connectivity index (χ1n) is 9.81. The Hall–Kier alpha value is -2.66. The van der Waals surface area contributed by atoms with Crippen molar-refractivity contribution in [2.45, 2.75) is 44.7 Å². The Bertz CT molecular complexity index is 910. The Labute approximate surface area is 170 Å². The molecule has 144 valence electrons. The van der Waals surface area contributed by atoms with E-state index >= 15 is 0 Å². The molecule has 0 atom stereocenters. The SMILES string of the molecule is Clc1ccccc1CNc1cc(-c2ccncc2)nc(NC2CCCCC2)n1. The quantitative estimate of drug-likeness (QED) is 0.575. The maximum Gasteiger partial charge on any atom is 0.225 e. The summed E-state index contributed by atoms with van der Waals surface area (Å²) in [6.45, 7) is 0.606. The summed E-state index contributed by atoms with van der Waals surface area (Å²) in [6.07, 6.45) is 9.75. The molecule has 0 spiro atoms. The summed E-state index contributed by atoms with van der Waals surface area (Å²) in [5.41, 5.74) is 2.93. The van der Waals surface area contributed by atoms with Crippen LogP contribution in [0.1, 0.15) is 37.7 Å². The zero-order valence-electron chi connectivity index (χ0n) is 15.7. The van der Waals surface area contributed by atoms with Gasteiger partial charge in [0.15, 0.2) is 0 Å². The molecule has 2 heterocycles. The van der Waals surface area contributed by atoms with Crippen LogP contribution in [0.15, 0.2) is 54.9 Å². The second-order valence-electron chi connectivity index (χ2n) is 7.12. The molecule has 0 unspecified atom stereocenters. The zero-order chi connectivity index (χ0) is 19.2. The average Bonchev–Trinajstić information content (AvgIpc) is 2.74. The molecule has 2 aromatic heterocycles. The van der Waals surface area contributed by atoms with Gasteiger partial charge in [0.05, 0.1) is 5.69 Å². The number of halogens is 1. The first-order chi connectivity index (χ1) is 13.8. The molecule has 5 nitrogen and oxygen atoms in total. The first-order valence-corrected chi connectivity index (χ1v) is 10.2. The molecule has 4 rings (SSSR count). The summed E-state index contributed by atoms with van der Waals surface area (Å²) in [6, 6.07) is 14.2. The molecule has 0 amide bonds. The second-order valence-corrected chi connectivity index (χ2v) is 7.53. The van der Waals surface area contributed by atoms with E-state index in [1.165, 1.54) is 32.1 Å². The van der Waals surface area contributed by atoms with Crippen molar-refractivity contribution in [2.75, 3.05) is 10.6 Å². The molecule has 0 radical (unpaired) electrons. The van der Waals surface area contributed by atoms with Crippen molar-refractivity contribution < 1.29 is 0 Å². The fourth-order valence-electron chi connectivity index (χ4n) is 3.53. The molecule has 1 aliphatic rings. The van der Waals surface area contributed by atoms with Crippen molar-refractivity contribution in [3.8, 4) is 11.3 Å². The van der Waals surface area contributed by atoms with Crippen molar-refractivity contribution in [3.63, 3.8) is 0 Å². The normalized spacial score (nSPS) is 14.6. The summed E-state index contributed by atoms with van der Waals surface area (Å²) in [5, 5.41) is 7.68. The Morgan fingerprint density at radius 2 is 1.75 bits per heavy atom. The van der Waals surface area contributed by atoms with Gasteiger partial charge in [-0.3, -0.25) is 4.98 Å². The van der Waals surface area contributed by atoms with Gasteiger partial charge < -0.3 is 10.6 Å². The number of hydrogen-bond donors (Lipinski definition) is 2. The third kappa shape index (κ3) is 4.78. The van der Waals surface area contributed by atoms with E-state index in [0.717, 1.165) is 27.7 Å². The Kier molecular flexibility index (Phi) is 6.02. The van der Waals surface area contributed by atoms with E-state index in [1.807, 2.05) is 42.5 Å². The van der Waals surface area contributed by atoms with Crippen LogP contribution in [0.2, 0.25) is 5.02 Å². The highest BCUT2D eigenvalue weighted by Crippen LogP contribution is 2.25. The van der Waals surface area contributed by atoms with Crippen LogP contribution in [0.5, 0.6) is 0 Å². The van der Waals surface area contributed by atoms with Gasteiger partial charge >= 0.3 is 0 Å². The van der Waals surface area contributed by atoms with Crippen molar-refractivity contribution in [1.82, 2.24) is 15.0 Å². The van der Waals surface area contributed by atoms with Gasteiger partial charge in [0, 0.05) is 41.6 Å². The lowest BCUT2D eigenvalue weighted by Gasteiger charge is -2.23. The molecule has 0 bridgehead atoms. The van der Waals surface area contributed by atoms with Gasteiger partial charge in [-0.05, 0) is 36.6 Å². The van der Waals surface area contributed by atoms with Crippen molar-refractivity contribution in [1.29, 1.82) is 0 Å². The predicted octanol–water partition coefficient (Wildman–Crippen LogP) is 5.55. The highest BCUT2D eigenvalue weighted by molar-refractivity contribution is 6.31. The summed E-state index contributed by atoms with van der Waals surface area (Å²) >= 11 is 6.29. The minimum Gasteiger partial charge on any atom is -0.366 e. The van der Waals surface area contributed by atoms with Crippen LogP contribution in [0.25, 0.3) is 11.3 Å². The van der Waals surface area contributed by atoms with Crippen LogP contribution in [0.3, 0.4) is 0 Å². The molecule has 28 heavy (non-hydrogen) atoms. The third-order valence-corrected chi connectivity index (χ3v) is 5.43. The first kappa shape index (κ1) is 18.7. The Morgan fingerprint density at radius 3 is 2.54 bits per heavy atom. The minimum atomic E-state index is 0.442. The van der Waals surface area contributed by atoms with Crippen LogP contribution in [-0.4, -0.2) is 21.0 Å². The van der Waals surface area contributed by atoms with Gasteiger partial charge in [-0.15, -0.1) is 0 Å². The largest absolute Gasteiger partial charge is 0.366 e. The second kappa shape index (κ2) is 9.02. The van der Waals surface area contributed by atoms with Gasteiger partial charge in [-0.25, -0.2) is 4.98 Å². The smallest absolute Gasteiger partial charge is 0.225 e. The van der Waals surface area contributed by atoms with Gasteiger partial charge in [0.1, 0.15) is 5.82 Å². The molecule has 2 N–H and O–H groups in total. The van der Waals surface area contributed by atoms with Crippen LogP contribution in [0, 0.1) is 0 Å². The lowest BCUT2D eigenvalue weighted by Crippen LogP contribution is -2.23. The van der Waals surface area contributed by atoms with E-state index in [0.29, 0.717) is 18.5 Å². The number of rotatable bonds is 6. The average molecular weight is 394 g/mol. The van der Waals surface area contributed by atoms with Crippen molar-refractivity contribution >= 4 is 23.4 Å². The molecule has 1 aliphatic carbocycles. The molecule has 0 aliphatic heterocycles. The molecular weight excluding hydrogens is 370 g/mol. The summed E-state index contributed by atoms with van der Waals surface area (Å²) in [4.78, 5) is 13.6. The summed E-state index contributed by atoms with van der Waals surface area (Å²) in [7, 11) is 0. The van der Waals surface area contributed by atoms with Crippen LogP contribution >= 0.6 is 11.6 Å². The molecule has 6 heteroatoms. The van der Waals surface area contributed by atoms with Gasteiger partial charge in [-0.2, -0.15) is 4.98 Å². The molecule has 1 saturated carbocycles. The molecule has 3 aromatic rings. The van der Waals surface area contributed by atoms with E-state index in [4.69, 9.17) is 21.6 Å². The molecular formula is C22H24ClN5. The fraction of sp³-hybridized carbons (Fsp3) is 0.318. The van der Waals surface area contributed by atoms with Crippen LogP contribution < -0.4 is 10.6 Å². The monoisotopic (exact) mass is 393 g/mol. The maximum absolute atomic E-state index is 6.29.